The summed E-state index contributed by atoms with van der Waals surface area (Å²) in [4.78, 5) is 9.04. The summed E-state index contributed by atoms with van der Waals surface area (Å²) >= 11 is 3.51. The average molecular weight is 286 g/mol. The first-order valence-electron chi connectivity index (χ1n) is 5.60. The smallest absolute Gasteiger partial charge is 0.144 e. The number of hydrogen-bond acceptors (Lipinski definition) is 3. The summed E-state index contributed by atoms with van der Waals surface area (Å²) in [6, 6.07) is 0. The van der Waals surface area contributed by atoms with E-state index in [1.165, 1.54) is 0 Å². The fraction of sp³-hybridized carbons (Fsp3) is 0.667. The van der Waals surface area contributed by atoms with Gasteiger partial charge in [0.1, 0.15) is 11.6 Å². The third-order valence-corrected chi connectivity index (χ3v) is 3.05. The minimum atomic E-state index is 0.212. The van der Waals surface area contributed by atoms with E-state index in [0.29, 0.717) is 0 Å². The largest absolute Gasteiger partial charge is 0.369 e. The molecular formula is C12H20BrN3. The molecule has 0 spiro atoms. The molecule has 0 saturated carbocycles. The molecule has 0 aliphatic rings. The fourth-order valence-corrected chi connectivity index (χ4v) is 1.77. The molecule has 1 rings (SSSR count). The average Bonchev–Trinajstić information content (AvgIpc) is 2.11. The summed E-state index contributed by atoms with van der Waals surface area (Å²) in [5, 5.41) is 3.24. The van der Waals surface area contributed by atoms with Gasteiger partial charge in [-0.15, -0.1) is 0 Å². The monoisotopic (exact) mass is 285 g/mol. The summed E-state index contributed by atoms with van der Waals surface area (Å²) in [6.07, 6.45) is 0.888. The summed E-state index contributed by atoms with van der Waals surface area (Å²) in [5.41, 5.74) is 1.20. The van der Waals surface area contributed by atoms with Crippen LogP contribution in [0.2, 0.25) is 0 Å². The topological polar surface area (TPSA) is 37.8 Å². The summed E-state index contributed by atoms with van der Waals surface area (Å²) in [7, 11) is 0. The molecule has 0 aliphatic carbocycles. The van der Waals surface area contributed by atoms with Gasteiger partial charge in [0.25, 0.3) is 0 Å². The van der Waals surface area contributed by atoms with Crippen molar-refractivity contribution in [2.24, 2.45) is 5.41 Å². The van der Waals surface area contributed by atoms with E-state index >= 15 is 0 Å². The molecule has 1 N–H and O–H groups in total. The summed E-state index contributed by atoms with van der Waals surface area (Å²) in [5.74, 6) is 1.80. The Hall–Kier alpha value is -0.640. The Morgan fingerprint density at radius 1 is 1.25 bits per heavy atom. The number of rotatable bonds is 3. The van der Waals surface area contributed by atoms with E-state index < -0.39 is 0 Å². The van der Waals surface area contributed by atoms with Crippen LogP contribution >= 0.6 is 15.9 Å². The highest BCUT2D eigenvalue weighted by atomic mass is 79.9. The maximum Gasteiger partial charge on any atom is 0.144 e. The van der Waals surface area contributed by atoms with Gasteiger partial charge in [0.15, 0.2) is 0 Å². The molecule has 4 heteroatoms. The van der Waals surface area contributed by atoms with Crippen LogP contribution in [-0.4, -0.2) is 16.5 Å². The zero-order valence-electron chi connectivity index (χ0n) is 10.7. The normalized spacial score (nSPS) is 11.6. The molecule has 0 saturated heterocycles. The van der Waals surface area contributed by atoms with Crippen LogP contribution in [0.1, 0.15) is 39.2 Å². The van der Waals surface area contributed by atoms with Crippen LogP contribution in [0.15, 0.2) is 4.47 Å². The fourth-order valence-electron chi connectivity index (χ4n) is 1.46. The van der Waals surface area contributed by atoms with Gasteiger partial charge >= 0.3 is 0 Å². The molecular weight excluding hydrogens is 266 g/mol. The van der Waals surface area contributed by atoms with E-state index in [1.807, 2.05) is 6.92 Å². The first-order valence-corrected chi connectivity index (χ1v) is 6.39. The molecule has 0 unspecified atom stereocenters. The van der Waals surface area contributed by atoms with Crippen molar-refractivity contribution in [1.29, 1.82) is 0 Å². The van der Waals surface area contributed by atoms with E-state index in [0.717, 1.165) is 34.8 Å². The Bertz CT molecular complexity index is 369. The van der Waals surface area contributed by atoms with E-state index in [4.69, 9.17) is 0 Å². The van der Waals surface area contributed by atoms with Crippen LogP contribution in [-0.2, 0) is 6.42 Å². The SMILES string of the molecule is CCNc1nc(CC(C)(C)C)nc(C)c1Br. The summed E-state index contributed by atoms with van der Waals surface area (Å²) in [6.45, 7) is 11.5. The van der Waals surface area contributed by atoms with Crippen LogP contribution in [0.3, 0.4) is 0 Å². The molecule has 1 aromatic rings. The first-order chi connectivity index (χ1) is 7.33. The highest BCUT2D eigenvalue weighted by Gasteiger charge is 2.16. The second kappa shape index (κ2) is 5.13. The lowest BCUT2D eigenvalue weighted by molar-refractivity contribution is 0.400. The van der Waals surface area contributed by atoms with E-state index in [9.17, 15) is 0 Å². The van der Waals surface area contributed by atoms with Gasteiger partial charge in [0.2, 0.25) is 0 Å². The third-order valence-electron chi connectivity index (χ3n) is 2.10. The minimum Gasteiger partial charge on any atom is -0.369 e. The number of aryl methyl sites for hydroxylation is 1. The molecule has 1 heterocycles. The molecule has 16 heavy (non-hydrogen) atoms. The highest BCUT2D eigenvalue weighted by molar-refractivity contribution is 9.10. The Kier molecular flexibility index (Phi) is 4.30. The van der Waals surface area contributed by atoms with Crippen LogP contribution in [0.5, 0.6) is 0 Å². The highest BCUT2D eigenvalue weighted by Crippen LogP contribution is 2.25. The zero-order chi connectivity index (χ0) is 12.3. The minimum absolute atomic E-state index is 0.212. The molecule has 0 atom stereocenters. The summed E-state index contributed by atoms with van der Waals surface area (Å²) < 4.78 is 0.965. The second-order valence-corrected chi connectivity index (χ2v) is 5.95. The van der Waals surface area contributed by atoms with Gasteiger partial charge < -0.3 is 5.32 Å². The number of nitrogens with zero attached hydrogens (tertiary/aromatic N) is 2. The Labute approximate surface area is 106 Å². The molecule has 90 valence electrons. The lowest BCUT2D eigenvalue weighted by atomic mass is 9.92. The standard InChI is InChI=1S/C12H20BrN3/c1-6-14-11-10(13)8(2)15-9(16-11)7-12(3,4)5/h6-7H2,1-5H3,(H,14,15,16). The van der Waals surface area contributed by atoms with E-state index in [1.54, 1.807) is 0 Å². The Balaban J connectivity index is 3.04. The molecule has 0 aromatic carbocycles. The predicted octanol–water partition coefficient (Wildman–Crippen LogP) is 3.57. The molecule has 0 radical (unpaired) electrons. The van der Waals surface area contributed by atoms with Crippen LogP contribution in [0, 0.1) is 12.3 Å². The predicted molar refractivity (Wildman–Crippen MR) is 71.8 cm³/mol. The number of aromatic nitrogens is 2. The van der Waals surface area contributed by atoms with Crippen molar-refractivity contribution in [3.8, 4) is 0 Å². The lowest BCUT2D eigenvalue weighted by Gasteiger charge is -2.18. The number of anilines is 1. The molecule has 0 fully saturated rings. The van der Waals surface area contributed by atoms with Crippen molar-refractivity contribution in [3.63, 3.8) is 0 Å². The number of hydrogen-bond donors (Lipinski definition) is 1. The second-order valence-electron chi connectivity index (χ2n) is 5.16. The molecule has 3 nitrogen and oxygen atoms in total. The van der Waals surface area contributed by atoms with Crippen molar-refractivity contribution in [1.82, 2.24) is 9.97 Å². The Morgan fingerprint density at radius 3 is 2.38 bits per heavy atom. The molecule has 0 aliphatic heterocycles. The van der Waals surface area contributed by atoms with E-state index in [2.05, 4.69) is 58.9 Å². The molecule has 0 bridgehead atoms. The quantitative estimate of drug-likeness (QED) is 0.923. The van der Waals surface area contributed by atoms with Crippen LogP contribution < -0.4 is 5.32 Å². The van der Waals surface area contributed by atoms with Crippen LogP contribution in [0.4, 0.5) is 5.82 Å². The van der Waals surface area contributed by atoms with Gasteiger partial charge in [-0.3, -0.25) is 0 Å². The maximum atomic E-state index is 4.54. The van der Waals surface area contributed by atoms with Crippen molar-refractivity contribution >= 4 is 21.7 Å². The third kappa shape index (κ3) is 3.74. The van der Waals surface area contributed by atoms with Gasteiger partial charge in [0, 0.05) is 13.0 Å². The van der Waals surface area contributed by atoms with Crippen molar-refractivity contribution in [2.75, 3.05) is 11.9 Å². The Morgan fingerprint density at radius 2 is 1.88 bits per heavy atom. The number of halogens is 1. The maximum absolute atomic E-state index is 4.54. The van der Waals surface area contributed by atoms with Gasteiger partial charge in [-0.25, -0.2) is 9.97 Å². The van der Waals surface area contributed by atoms with Gasteiger partial charge in [-0.05, 0) is 35.2 Å². The first kappa shape index (κ1) is 13.4. The van der Waals surface area contributed by atoms with Gasteiger partial charge in [-0.2, -0.15) is 0 Å². The molecule has 1 aromatic heterocycles. The van der Waals surface area contributed by atoms with Crippen molar-refractivity contribution < 1.29 is 0 Å². The van der Waals surface area contributed by atoms with Crippen molar-refractivity contribution in [3.05, 3.63) is 16.0 Å². The van der Waals surface area contributed by atoms with Gasteiger partial charge in [-0.1, -0.05) is 20.8 Å². The number of nitrogens with one attached hydrogen (secondary N) is 1. The zero-order valence-corrected chi connectivity index (χ0v) is 12.3. The van der Waals surface area contributed by atoms with Crippen LogP contribution in [0.25, 0.3) is 0 Å². The van der Waals surface area contributed by atoms with Crippen molar-refractivity contribution in [2.45, 2.75) is 41.0 Å². The van der Waals surface area contributed by atoms with Gasteiger partial charge in [0.05, 0.1) is 10.2 Å². The molecule has 0 amide bonds. The lowest BCUT2D eigenvalue weighted by Crippen LogP contribution is -2.14. The van der Waals surface area contributed by atoms with E-state index in [-0.39, 0.29) is 5.41 Å².